The maximum absolute atomic E-state index is 12.7. The minimum absolute atomic E-state index is 0.125. The van der Waals surface area contributed by atoms with Gasteiger partial charge in [0.2, 0.25) is 0 Å². The topological polar surface area (TPSA) is 136 Å². The lowest BCUT2D eigenvalue weighted by Crippen LogP contribution is -2.44. The highest BCUT2D eigenvalue weighted by molar-refractivity contribution is 8.00. The SMILES string of the molecule is O=C(NN1C(=O)CSC1c1cc2ccccc2n2nnnc12)c1ccc([N+](=O)[O-])cc1. The molecule has 3 heterocycles. The molecule has 31 heavy (non-hydrogen) atoms. The first-order valence-corrected chi connectivity index (χ1v) is 10.2. The molecule has 1 N–H and O–H groups in total. The van der Waals surface area contributed by atoms with Crippen molar-refractivity contribution in [1.82, 2.24) is 30.5 Å². The van der Waals surface area contributed by atoms with Crippen LogP contribution in [0, 0.1) is 10.1 Å². The van der Waals surface area contributed by atoms with Crippen molar-refractivity contribution in [2.24, 2.45) is 0 Å². The summed E-state index contributed by atoms with van der Waals surface area (Å²) in [6, 6.07) is 14.6. The van der Waals surface area contributed by atoms with Gasteiger partial charge in [-0.25, -0.2) is 5.01 Å². The van der Waals surface area contributed by atoms with Gasteiger partial charge in [0, 0.05) is 28.6 Å². The first kappa shape index (κ1) is 18.9. The first-order valence-electron chi connectivity index (χ1n) is 9.12. The number of hydrogen-bond donors (Lipinski definition) is 1. The van der Waals surface area contributed by atoms with Gasteiger partial charge >= 0.3 is 0 Å². The zero-order valence-electron chi connectivity index (χ0n) is 15.7. The number of hydrazine groups is 1. The quantitative estimate of drug-likeness (QED) is 0.380. The minimum Gasteiger partial charge on any atom is -0.272 e. The Labute approximate surface area is 178 Å². The van der Waals surface area contributed by atoms with Crippen molar-refractivity contribution in [2.45, 2.75) is 5.37 Å². The fraction of sp³-hybridized carbons (Fsp3) is 0.105. The fourth-order valence-electron chi connectivity index (χ4n) is 3.43. The van der Waals surface area contributed by atoms with Crippen LogP contribution in [0.15, 0.2) is 54.6 Å². The number of non-ortho nitro benzene ring substituents is 1. The van der Waals surface area contributed by atoms with Crippen LogP contribution < -0.4 is 5.43 Å². The second-order valence-electron chi connectivity index (χ2n) is 6.74. The summed E-state index contributed by atoms with van der Waals surface area (Å²) in [6.45, 7) is 0. The average Bonchev–Trinajstić information content (AvgIpc) is 3.41. The normalized spacial score (nSPS) is 16.2. The van der Waals surface area contributed by atoms with Gasteiger partial charge in [0.15, 0.2) is 5.65 Å². The summed E-state index contributed by atoms with van der Waals surface area (Å²) >= 11 is 1.35. The van der Waals surface area contributed by atoms with Crippen molar-refractivity contribution in [3.05, 3.63) is 75.8 Å². The lowest BCUT2D eigenvalue weighted by Gasteiger charge is -2.25. The van der Waals surface area contributed by atoms with E-state index >= 15 is 0 Å². The lowest BCUT2D eigenvalue weighted by molar-refractivity contribution is -0.384. The largest absolute Gasteiger partial charge is 0.272 e. The van der Waals surface area contributed by atoms with Crippen LogP contribution in [0.5, 0.6) is 0 Å². The van der Waals surface area contributed by atoms with Crippen LogP contribution in [0.25, 0.3) is 16.6 Å². The molecule has 1 unspecified atom stereocenters. The molecule has 1 aliphatic heterocycles. The number of fused-ring (bicyclic) bond motifs is 3. The number of nitro benzene ring substituents is 1. The average molecular weight is 435 g/mol. The van der Waals surface area contributed by atoms with E-state index in [-0.39, 0.29) is 22.9 Å². The highest BCUT2D eigenvalue weighted by atomic mass is 32.2. The van der Waals surface area contributed by atoms with Crippen molar-refractivity contribution in [2.75, 3.05) is 5.75 Å². The number of benzene rings is 2. The van der Waals surface area contributed by atoms with Gasteiger partial charge in [-0.15, -0.1) is 16.9 Å². The molecule has 1 atom stereocenters. The van der Waals surface area contributed by atoms with Crippen LogP contribution in [-0.4, -0.2) is 47.5 Å². The number of nitro groups is 1. The molecule has 2 aromatic carbocycles. The summed E-state index contributed by atoms with van der Waals surface area (Å²) in [5.74, 6) is -0.651. The highest BCUT2D eigenvalue weighted by Crippen LogP contribution is 2.40. The summed E-state index contributed by atoms with van der Waals surface area (Å²) in [4.78, 5) is 35.5. The van der Waals surface area contributed by atoms with E-state index in [1.54, 1.807) is 4.52 Å². The van der Waals surface area contributed by atoms with Gasteiger partial charge in [-0.05, 0) is 34.7 Å². The Bertz CT molecular complexity index is 1350. The third-order valence-corrected chi connectivity index (χ3v) is 6.09. The Morgan fingerprint density at radius 3 is 2.74 bits per heavy atom. The molecule has 154 valence electrons. The minimum atomic E-state index is -0.549. The van der Waals surface area contributed by atoms with Crippen molar-refractivity contribution in [1.29, 1.82) is 0 Å². The Hall–Kier alpha value is -4.06. The zero-order valence-corrected chi connectivity index (χ0v) is 16.5. The summed E-state index contributed by atoms with van der Waals surface area (Å²) < 4.78 is 1.60. The number of hydrogen-bond acceptors (Lipinski definition) is 8. The molecule has 12 heteroatoms. The van der Waals surface area contributed by atoms with Gasteiger partial charge in [0.25, 0.3) is 17.5 Å². The van der Waals surface area contributed by atoms with Gasteiger partial charge < -0.3 is 0 Å². The number of carbonyl (C=O) groups is 2. The van der Waals surface area contributed by atoms with E-state index in [0.717, 1.165) is 10.9 Å². The van der Waals surface area contributed by atoms with E-state index in [1.807, 2.05) is 30.3 Å². The van der Waals surface area contributed by atoms with Gasteiger partial charge in [0.05, 0.1) is 16.2 Å². The fourth-order valence-corrected chi connectivity index (χ4v) is 4.54. The zero-order chi connectivity index (χ0) is 21.5. The third-order valence-electron chi connectivity index (χ3n) is 4.90. The molecule has 1 aliphatic rings. The molecule has 1 saturated heterocycles. The standard InChI is InChI=1S/C19H13N7O4S/c27-16-10-31-19(25(16)21-18(28)11-5-7-13(8-6-11)26(29)30)14-9-12-3-1-2-4-15(12)24-17(14)20-22-23-24/h1-9,19H,10H2,(H,21,28). The molecule has 5 rings (SSSR count). The van der Waals surface area contributed by atoms with Gasteiger partial charge in [-0.1, -0.05) is 18.2 Å². The number of carbonyl (C=O) groups excluding carboxylic acids is 2. The lowest BCUT2D eigenvalue weighted by atomic mass is 10.1. The predicted molar refractivity (Wildman–Crippen MR) is 111 cm³/mol. The van der Waals surface area contributed by atoms with Crippen molar-refractivity contribution >= 4 is 45.8 Å². The number of nitrogens with one attached hydrogen (secondary N) is 1. The second kappa shape index (κ2) is 7.32. The van der Waals surface area contributed by atoms with Crippen LogP contribution in [0.3, 0.4) is 0 Å². The molecule has 0 saturated carbocycles. The number of thioether (sulfide) groups is 1. The van der Waals surface area contributed by atoms with Gasteiger partial charge in [0.1, 0.15) is 5.37 Å². The number of pyridine rings is 1. The highest BCUT2D eigenvalue weighted by Gasteiger charge is 2.36. The van der Waals surface area contributed by atoms with Crippen LogP contribution in [0.1, 0.15) is 21.3 Å². The van der Waals surface area contributed by atoms with E-state index in [1.165, 1.54) is 41.0 Å². The molecular weight excluding hydrogens is 422 g/mol. The Balaban J connectivity index is 1.49. The molecule has 2 aromatic heterocycles. The molecule has 0 bridgehead atoms. The van der Waals surface area contributed by atoms with E-state index in [2.05, 4.69) is 21.0 Å². The van der Waals surface area contributed by atoms with Crippen LogP contribution in [0.4, 0.5) is 5.69 Å². The Morgan fingerprint density at radius 1 is 1.19 bits per heavy atom. The van der Waals surface area contributed by atoms with E-state index in [9.17, 15) is 19.7 Å². The maximum Gasteiger partial charge on any atom is 0.269 e. The van der Waals surface area contributed by atoms with E-state index in [4.69, 9.17) is 0 Å². The summed E-state index contributed by atoms with van der Waals surface area (Å²) in [6.07, 6.45) is 0. The van der Waals surface area contributed by atoms with Crippen molar-refractivity contribution < 1.29 is 14.5 Å². The number of rotatable bonds is 4. The van der Waals surface area contributed by atoms with Crippen molar-refractivity contribution in [3.63, 3.8) is 0 Å². The van der Waals surface area contributed by atoms with Gasteiger partial charge in [-0.3, -0.25) is 25.1 Å². The molecule has 4 aromatic rings. The number of nitrogens with zero attached hydrogens (tertiary/aromatic N) is 6. The second-order valence-corrected chi connectivity index (χ2v) is 7.81. The van der Waals surface area contributed by atoms with Crippen LogP contribution >= 0.6 is 11.8 Å². The Morgan fingerprint density at radius 2 is 1.97 bits per heavy atom. The molecular formula is C19H13N7O4S. The third kappa shape index (κ3) is 3.22. The maximum atomic E-state index is 12.7. The van der Waals surface area contributed by atoms with E-state index < -0.39 is 16.2 Å². The molecule has 0 aliphatic carbocycles. The monoisotopic (exact) mass is 435 g/mol. The molecule has 11 nitrogen and oxygen atoms in total. The summed E-state index contributed by atoms with van der Waals surface area (Å²) in [5, 5.41) is 24.4. The van der Waals surface area contributed by atoms with E-state index in [0.29, 0.717) is 11.2 Å². The van der Waals surface area contributed by atoms with Crippen LogP contribution in [0.2, 0.25) is 0 Å². The summed E-state index contributed by atoms with van der Waals surface area (Å²) in [7, 11) is 0. The summed E-state index contributed by atoms with van der Waals surface area (Å²) in [5.41, 5.74) is 4.69. The first-order chi connectivity index (χ1) is 15.0. The number of tetrazole rings is 1. The van der Waals surface area contributed by atoms with Gasteiger partial charge in [-0.2, -0.15) is 4.52 Å². The Kier molecular flexibility index (Phi) is 4.47. The number of amides is 2. The molecule has 2 amide bonds. The smallest absolute Gasteiger partial charge is 0.269 e. The molecule has 0 spiro atoms. The molecule has 0 radical (unpaired) electrons. The number of para-hydroxylation sites is 1. The molecule has 1 fully saturated rings. The predicted octanol–water partition coefficient (Wildman–Crippen LogP) is 2.10. The van der Waals surface area contributed by atoms with Crippen LogP contribution in [-0.2, 0) is 4.79 Å². The van der Waals surface area contributed by atoms with Crippen molar-refractivity contribution in [3.8, 4) is 0 Å². The number of aromatic nitrogens is 4.